The van der Waals surface area contributed by atoms with Crippen molar-refractivity contribution >= 4 is 27.5 Å². The van der Waals surface area contributed by atoms with Gasteiger partial charge in [-0.15, -0.1) is 0 Å². The first-order valence-electron chi connectivity index (χ1n) is 15.7. The Balaban J connectivity index is 1.82. The molecule has 0 fully saturated rings. The first-order chi connectivity index (χ1) is 23.1. The summed E-state index contributed by atoms with van der Waals surface area (Å²) in [5, 5.41) is 2.98. The molecule has 254 valence electrons. The lowest BCUT2D eigenvalue weighted by Gasteiger charge is -2.34. The summed E-state index contributed by atoms with van der Waals surface area (Å²) in [6, 6.07) is 24.9. The average molecular weight is 676 g/mol. The van der Waals surface area contributed by atoms with E-state index in [9.17, 15) is 22.4 Å². The molecule has 0 aliphatic heterocycles. The maximum absolute atomic E-state index is 14.6. The maximum Gasteiger partial charge on any atom is 0.264 e. The van der Waals surface area contributed by atoms with Crippen LogP contribution in [0.15, 0.2) is 102 Å². The van der Waals surface area contributed by atoms with Crippen molar-refractivity contribution in [2.45, 2.75) is 50.6 Å². The first-order valence-corrected chi connectivity index (χ1v) is 17.2. The Morgan fingerprint density at radius 2 is 1.54 bits per heavy atom. The minimum Gasteiger partial charge on any atom is -0.493 e. The third-order valence-corrected chi connectivity index (χ3v) is 9.81. The van der Waals surface area contributed by atoms with Crippen molar-refractivity contribution in [1.82, 2.24) is 10.2 Å². The van der Waals surface area contributed by atoms with E-state index in [0.29, 0.717) is 12.3 Å². The van der Waals surface area contributed by atoms with Crippen LogP contribution in [-0.4, -0.2) is 58.5 Å². The molecule has 9 nitrogen and oxygen atoms in total. The molecule has 0 unspecified atom stereocenters. The summed E-state index contributed by atoms with van der Waals surface area (Å²) in [7, 11) is -1.61. The highest BCUT2D eigenvalue weighted by molar-refractivity contribution is 7.92. The number of amides is 2. The van der Waals surface area contributed by atoms with Crippen molar-refractivity contribution < 1.29 is 31.9 Å². The molecule has 11 heteroatoms. The molecule has 1 N–H and O–H groups in total. The second-order valence-electron chi connectivity index (χ2n) is 11.3. The molecule has 4 rings (SSSR count). The first kappa shape index (κ1) is 35.9. The summed E-state index contributed by atoms with van der Waals surface area (Å²) in [6.07, 6.45) is 1.84. The van der Waals surface area contributed by atoms with Crippen molar-refractivity contribution in [2.75, 3.05) is 31.6 Å². The molecule has 0 spiro atoms. The van der Waals surface area contributed by atoms with Gasteiger partial charge in [-0.1, -0.05) is 67.9 Å². The number of ether oxygens (including phenoxy) is 2. The van der Waals surface area contributed by atoms with Gasteiger partial charge >= 0.3 is 0 Å². The van der Waals surface area contributed by atoms with Gasteiger partial charge in [0, 0.05) is 25.6 Å². The lowest BCUT2D eigenvalue weighted by molar-refractivity contribution is -0.140. The number of carbonyl (C=O) groups is 2. The summed E-state index contributed by atoms with van der Waals surface area (Å²) in [5.41, 5.74) is 2.63. The van der Waals surface area contributed by atoms with Crippen LogP contribution in [0.25, 0.3) is 0 Å². The van der Waals surface area contributed by atoms with Gasteiger partial charge in [-0.05, 0) is 66.4 Å². The van der Waals surface area contributed by atoms with E-state index in [-0.39, 0.29) is 35.2 Å². The molecule has 0 aliphatic rings. The molecule has 2 amide bonds. The Labute approximate surface area is 282 Å². The monoisotopic (exact) mass is 675 g/mol. The SMILES string of the molecule is CCCCNC(=O)[C@H](Cc1ccccc1)N(Cc1ccccc1C)C(=O)CN(c1ccc(F)cc1)S(=O)(=O)c1ccc(OC)c(OC)c1. The fraction of sp³-hybridized carbons (Fsp3) is 0.297. The van der Waals surface area contributed by atoms with E-state index in [1.165, 1.54) is 49.5 Å². The van der Waals surface area contributed by atoms with Crippen LogP contribution in [0.5, 0.6) is 11.5 Å². The highest BCUT2D eigenvalue weighted by Crippen LogP contribution is 2.32. The van der Waals surface area contributed by atoms with Crippen LogP contribution in [0.1, 0.15) is 36.5 Å². The van der Waals surface area contributed by atoms with Gasteiger partial charge in [0.15, 0.2) is 11.5 Å². The standard InChI is InChI=1S/C37H42FN3O6S/c1-5-6-22-39-37(43)33(23-28-13-8-7-9-14-28)40(25-29-15-11-10-12-27(29)2)36(42)26-41(31-18-16-30(38)17-19-31)48(44,45)32-20-21-34(46-3)35(24-32)47-4/h7-21,24,33H,5-6,22-23,25-26H2,1-4H3,(H,39,43)/t33-/m0/s1. The Morgan fingerprint density at radius 1 is 0.875 bits per heavy atom. The third kappa shape index (κ3) is 8.92. The zero-order valence-electron chi connectivity index (χ0n) is 27.7. The number of aryl methyl sites for hydroxylation is 1. The van der Waals surface area contributed by atoms with Gasteiger partial charge in [0.2, 0.25) is 11.8 Å². The number of benzene rings is 4. The number of unbranched alkanes of at least 4 members (excludes halogenated alkanes) is 1. The van der Waals surface area contributed by atoms with Crippen LogP contribution in [-0.2, 0) is 32.6 Å². The van der Waals surface area contributed by atoms with Gasteiger partial charge in [-0.2, -0.15) is 0 Å². The van der Waals surface area contributed by atoms with Crippen LogP contribution in [0, 0.1) is 12.7 Å². The smallest absolute Gasteiger partial charge is 0.264 e. The number of rotatable bonds is 16. The van der Waals surface area contributed by atoms with E-state index < -0.39 is 34.3 Å². The average Bonchev–Trinajstić information content (AvgIpc) is 3.09. The summed E-state index contributed by atoms with van der Waals surface area (Å²) in [4.78, 5) is 29.8. The Kier molecular flexibility index (Phi) is 12.6. The summed E-state index contributed by atoms with van der Waals surface area (Å²) in [5.74, 6) is -1.02. The second-order valence-corrected chi connectivity index (χ2v) is 13.2. The van der Waals surface area contributed by atoms with Crippen molar-refractivity contribution in [3.05, 3.63) is 120 Å². The number of anilines is 1. The quantitative estimate of drug-likeness (QED) is 0.148. The Hall–Kier alpha value is -4.90. The van der Waals surface area contributed by atoms with Gasteiger partial charge in [0.05, 0.1) is 24.8 Å². The molecular weight excluding hydrogens is 633 g/mol. The minimum absolute atomic E-state index is 0.0534. The number of nitrogens with one attached hydrogen (secondary N) is 1. The number of sulfonamides is 1. The van der Waals surface area contributed by atoms with Gasteiger partial charge in [0.1, 0.15) is 18.4 Å². The molecule has 0 heterocycles. The normalized spacial score (nSPS) is 11.8. The van der Waals surface area contributed by atoms with Gasteiger partial charge in [0.25, 0.3) is 10.0 Å². The number of halogens is 1. The summed E-state index contributed by atoms with van der Waals surface area (Å²) < 4.78 is 54.2. The van der Waals surface area contributed by atoms with Crippen LogP contribution < -0.4 is 19.1 Å². The van der Waals surface area contributed by atoms with Crippen molar-refractivity contribution in [2.24, 2.45) is 0 Å². The van der Waals surface area contributed by atoms with Crippen LogP contribution >= 0.6 is 0 Å². The second kappa shape index (κ2) is 16.8. The fourth-order valence-corrected chi connectivity index (χ4v) is 6.70. The highest BCUT2D eigenvalue weighted by atomic mass is 32.2. The van der Waals surface area contributed by atoms with Crippen molar-refractivity contribution in [1.29, 1.82) is 0 Å². The van der Waals surface area contributed by atoms with E-state index in [1.807, 2.05) is 68.4 Å². The van der Waals surface area contributed by atoms with E-state index in [4.69, 9.17) is 9.47 Å². The number of carbonyl (C=O) groups excluding carboxylic acids is 2. The third-order valence-electron chi connectivity index (χ3n) is 8.04. The van der Waals surface area contributed by atoms with E-state index >= 15 is 0 Å². The lowest BCUT2D eigenvalue weighted by Crippen LogP contribution is -2.53. The molecule has 0 aromatic heterocycles. The summed E-state index contributed by atoms with van der Waals surface area (Å²) >= 11 is 0. The minimum atomic E-state index is -4.43. The number of hydrogen-bond acceptors (Lipinski definition) is 6. The molecule has 0 aliphatic carbocycles. The molecule has 48 heavy (non-hydrogen) atoms. The molecule has 4 aromatic carbocycles. The van der Waals surface area contributed by atoms with Crippen molar-refractivity contribution in [3.8, 4) is 11.5 Å². The number of nitrogens with zero attached hydrogens (tertiary/aromatic N) is 2. The highest BCUT2D eigenvalue weighted by Gasteiger charge is 2.35. The van der Waals surface area contributed by atoms with Crippen LogP contribution in [0.3, 0.4) is 0 Å². The van der Waals surface area contributed by atoms with Gasteiger partial charge in [-0.3, -0.25) is 13.9 Å². The van der Waals surface area contributed by atoms with E-state index in [1.54, 1.807) is 0 Å². The fourth-order valence-electron chi connectivity index (χ4n) is 5.27. The van der Waals surface area contributed by atoms with Crippen LogP contribution in [0.4, 0.5) is 10.1 Å². The largest absolute Gasteiger partial charge is 0.493 e. The zero-order chi connectivity index (χ0) is 34.7. The maximum atomic E-state index is 14.6. The molecule has 0 saturated heterocycles. The number of methoxy groups -OCH3 is 2. The van der Waals surface area contributed by atoms with E-state index in [0.717, 1.165) is 46.0 Å². The zero-order valence-corrected chi connectivity index (χ0v) is 28.5. The molecule has 0 saturated carbocycles. The lowest BCUT2D eigenvalue weighted by atomic mass is 10.0. The molecular formula is C37H42FN3O6S. The molecule has 0 radical (unpaired) electrons. The predicted molar refractivity (Wildman–Crippen MR) is 184 cm³/mol. The topological polar surface area (TPSA) is 105 Å². The number of hydrogen-bond donors (Lipinski definition) is 1. The van der Waals surface area contributed by atoms with Crippen LogP contribution in [0.2, 0.25) is 0 Å². The van der Waals surface area contributed by atoms with E-state index in [2.05, 4.69) is 5.32 Å². The Morgan fingerprint density at radius 3 is 2.19 bits per heavy atom. The molecule has 1 atom stereocenters. The predicted octanol–water partition coefficient (Wildman–Crippen LogP) is 5.90. The molecule has 0 bridgehead atoms. The van der Waals surface area contributed by atoms with Gasteiger partial charge < -0.3 is 19.7 Å². The molecule has 4 aromatic rings. The Bertz CT molecular complexity index is 1780. The summed E-state index contributed by atoms with van der Waals surface area (Å²) in [6.45, 7) is 3.75. The van der Waals surface area contributed by atoms with Crippen molar-refractivity contribution in [3.63, 3.8) is 0 Å². The van der Waals surface area contributed by atoms with Gasteiger partial charge in [-0.25, -0.2) is 12.8 Å².